The highest BCUT2D eigenvalue weighted by Crippen LogP contribution is 2.51. The first-order valence-electron chi connectivity index (χ1n) is 9.48. The Kier molecular flexibility index (Phi) is 3.23. The van der Waals surface area contributed by atoms with Crippen molar-refractivity contribution in [2.75, 3.05) is 6.61 Å². The quantitative estimate of drug-likeness (QED) is 0.525. The number of amidine groups is 1. The highest BCUT2D eigenvalue weighted by atomic mass is 16.5. The van der Waals surface area contributed by atoms with E-state index in [1.807, 2.05) is 54.9 Å². The van der Waals surface area contributed by atoms with Crippen LogP contribution >= 0.6 is 0 Å². The third kappa shape index (κ3) is 2.27. The first kappa shape index (κ1) is 16.1. The lowest BCUT2D eigenvalue weighted by atomic mass is 9.80. The van der Waals surface area contributed by atoms with Crippen molar-refractivity contribution in [3.63, 3.8) is 0 Å². The van der Waals surface area contributed by atoms with E-state index >= 15 is 0 Å². The minimum atomic E-state index is -0.706. The maximum atomic E-state index is 6.20. The van der Waals surface area contributed by atoms with Crippen molar-refractivity contribution in [2.45, 2.75) is 5.54 Å². The van der Waals surface area contributed by atoms with Crippen LogP contribution in [-0.4, -0.2) is 17.6 Å². The summed E-state index contributed by atoms with van der Waals surface area (Å²) in [6.45, 7) is 0.351. The molecule has 0 fully saturated rings. The van der Waals surface area contributed by atoms with Crippen molar-refractivity contribution in [3.05, 3.63) is 90.3 Å². The van der Waals surface area contributed by atoms with Crippen LogP contribution in [0.5, 0.6) is 11.5 Å². The number of benzene rings is 3. The van der Waals surface area contributed by atoms with Crippen LogP contribution in [-0.2, 0) is 10.3 Å². The lowest BCUT2D eigenvalue weighted by Crippen LogP contribution is -2.31. The number of aliphatic imine (C=N–C) groups is 1. The Bertz CT molecular complexity index is 1310. The maximum Gasteiger partial charge on any atom is 0.283 e. The van der Waals surface area contributed by atoms with Crippen LogP contribution in [0.3, 0.4) is 0 Å². The summed E-state index contributed by atoms with van der Waals surface area (Å²) in [5, 5.41) is 2.25. The minimum Gasteiger partial charge on any atom is -0.462 e. The summed E-state index contributed by atoms with van der Waals surface area (Å²) in [5.74, 6) is 1.55. The molecule has 4 aromatic rings. The molecule has 1 aromatic heterocycles. The second-order valence-corrected chi connectivity index (χ2v) is 7.32. The van der Waals surface area contributed by atoms with Crippen LogP contribution in [0.4, 0.5) is 0 Å². The molecule has 140 valence electrons. The lowest BCUT2D eigenvalue weighted by Gasteiger charge is -2.33. The number of nitrogens with zero attached hydrogens (tertiary/aromatic N) is 2. The van der Waals surface area contributed by atoms with Gasteiger partial charge in [-0.15, -0.1) is 0 Å². The molecule has 1 atom stereocenters. The van der Waals surface area contributed by atoms with Crippen LogP contribution in [0.1, 0.15) is 11.1 Å². The first-order chi connectivity index (χ1) is 14.2. The van der Waals surface area contributed by atoms with Gasteiger partial charge in [-0.25, -0.2) is 4.99 Å². The van der Waals surface area contributed by atoms with Crippen molar-refractivity contribution < 1.29 is 9.47 Å². The van der Waals surface area contributed by atoms with Gasteiger partial charge in [-0.1, -0.05) is 48.5 Å². The van der Waals surface area contributed by atoms with Gasteiger partial charge in [0.25, 0.3) is 6.02 Å². The van der Waals surface area contributed by atoms with Gasteiger partial charge in [0, 0.05) is 34.5 Å². The topological polar surface area (TPSA) is 69.7 Å². The van der Waals surface area contributed by atoms with Crippen LogP contribution in [0.25, 0.3) is 21.9 Å². The summed E-state index contributed by atoms with van der Waals surface area (Å²) < 4.78 is 11.8. The largest absolute Gasteiger partial charge is 0.462 e. The van der Waals surface area contributed by atoms with Gasteiger partial charge in [0.2, 0.25) is 0 Å². The number of nitrogens with two attached hydrogens (primary N) is 1. The fraction of sp³-hybridized carbons (Fsp3) is 0.0833. The number of pyridine rings is 1. The number of rotatable bonds is 1. The van der Waals surface area contributed by atoms with E-state index in [1.165, 1.54) is 0 Å². The molecule has 0 saturated carbocycles. The zero-order valence-corrected chi connectivity index (χ0v) is 15.5. The molecule has 6 rings (SSSR count). The van der Waals surface area contributed by atoms with Gasteiger partial charge in [0.15, 0.2) is 5.54 Å². The second-order valence-electron chi connectivity index (χ2n) is 7.32. The van der Waals surface area contributed by atoms with Crippen LogP contribution < -0.4 is 10.5 Å². The summed E-state index contributed by atoms with van der Waals surface area (Å²) in [7, 11) is 0. The summed E-state index contributed by atoms with van der Waals surface area (Å²) in [5.41, 5.74) is 9.27. The molecule has 1 spiro atoms. The van der Waals surface area contributed by atoms with Gasteiger partial charge in [-0.05, 0) is 29.1 Å². The predicted molar refractivity (Wildman–Crippen MR) is 112 cm³/mol. The molecule has 5 nitrogen and oxygen atoms in total. The molecule has 0 bridgehead atoms. The molecule has 2 aliphatic heterocycles. The van der Waals surface area contributed by atoms with Crippen molar-refractivity contribution in [2.24, 2.45) is 10.7 Å². The van der Waals surface area contributed by atoms with Gasteiger partial charge in [-0.3, -0.25) is 4.98 Å². The Morgan fingerprint density at radius 3 is 2.59 bits per heavy atom. The molecule has 2 N–H and O–H groups in total. The number of hydrogen-bond acceptors (Lipinski definition) is 5. The average Bonchev–Trinajstić information content (AvgIpc) is 3.16. The van der Waals surface area contributed by atoms with Gasteiger partial charge >= 0.3 is 0 Å². The van der Waals surface area contributed by atoms with Gasteiger partial charge in [-0.2, -0.15) is 0 Å². The number of para-hydroxylation sites is 1. The normalized spacial score (nSPS) is 19.2. The molecular weight excluding hydrogens is 362 g/mol. The molecule has 3 heterocycles. The van der Waals surface area contributed by atoms with Crippen molar-refractivity contribution in [3.8, 4) is 22.6 Å². The van der Waals surface area contributed by atoms with Crippen LogP contribution in [0.15, 0.2) is 84.1 Å². The van der Waals surface area contributed by atoms with Crippen LogP contribution in [0, 0.1) is 0 Å². The summed E-state index contributed by atoms with van der Waals surface area (Å²) >= 11 is 0. The number of aromatic nitrogens is 1. The Labute approximate surface area is 167 Å². The third-order valence-electron chi connectivity index (χ3n) is 5.69. The van der Waals surface area contributed by atoms with Crippen molar-refractivity contribution >= 4 is 16.8 Å². The number of fused-ring (bicyclic) bond motifs is 5. The van der Waals surface area contributed by atoms with Crippen LogP contribution in [0.2, 0.25) is 0 Å². The lowest BCUT2D eigenvalue weighted by molar-refractivity contribution is 0.264. The highest BCUT2D eigenvalue weighted by molar-refractivity contribution is 5.96. The average molecular weight is 379 g/mol. The second kappa shape index (κ2) is 5.82. The zero-order valence-electron chi connectivity index (χ0n) is 15.5. The molecule has 5 heteroatoms. The van der Waals surface area contributed by atoms with E-state index in [9.17, 15) is 0 Å². The van der Waals surface area contributed by atoms with E-state index in [-0.39, 0.29) is 6.02 Å². The van der Waals surface area contributed by atoms with Gasteiger partial charge in [0.05, 0.1) is 0 Å². The summed E-state index contributed by atoms with van der Waals surface area (Å²) in [6, 6.07) is 22.5. The zero-order chi connectivity index (χ0) is 19.4. The minimum absolute atomic E-state index is 0.199. The fourth-order valence-electron chi connectivity index (χ4n) is 4.32. The maximum absolute atomic E-state index is 6.20. The Balaban J connectivity index is 1.61. The predicted octanol–water partition coefficient (Wildman–Crippen LogP) is 4.60. The Morgan fingerprint density at radius 2 is 1.69 bits per heavy atom. The first-order valence-corrected chi connectivity index (χ1v) is 9.48. The number of ether oxygens (including phenoxy) is 2. The van der Waals surface area contributed by atoms with E-state index in [2.05, 4.69) is 29.2 Å². The molecule has 3 aromatic carbocycles. The van der Waals surface area contributed by atoms with Crippen molar-refractivity contribution in [1.82, 2.24) is 4.98 Å². The molecular formula is C24H17N3O2. The smallest absolute Gasteiger partial charge is 0.283 e. The standard InChI is InChI=1S/C24H17N3O2/c25-23-27-24(14-28-23)19-7-3-4-8-21(19)29-22-10-9-15(11-20(22)24)18-13-26-12-16-5-1-2-6-17(16)18/h1-13H,14H2,(H2,25,27)/t24-/m1/s1. The molecule has 2 aliphatic rings. The Hall–Kier alpha value is -3.86. The highest BCUT2D eigenvalue weighted by Gasteiger charge is 2.46. The van der Waals surface area contributed by atoms with E-state index in [4.69, 9.17) is 20.2 Å². The van der Waals surface area contributed by atoms with E-state index in [0.717, 1.165) is 44.5 Å². The van der Waals surface area contributed by atoms with E-state index < -0.39 is 5.54 Å². The SMILES string of the molecule is NC1=N[C@]2(CO1)c1ccccc1Oc1ccc(-c3cncc4ccccc34)cc12. The molecule has 0 saturated heterocycles. The molecule has 0 radical (unpaired) electrons. The van der Waals surface area contributed by atoms with Crippen molar-refractivity contribution in [1.29, 1.82) is 0 Å². The Morgan fingerprint density at radius 1 is 0.862 bits per heavy atom. The summed E-state index contributed by atoms with van der Waals surface area (Å²) in [4.78, 5) is 9.17. The van der Waals surface area contributed by atoms with E-state index in [0.29, 0.717) is 6.61 Å². The van der Waals surface area contributed by atoms with Gasteiger partial charge in [0.1, 0.15) is 18.1 Å². The molecule has 0 amide bonds. The molecule has 0 aliphatic carbocycles. The third-order valence-corrected chi connectivity index (χ3v) is 5.69. The monoisotopic (exact) mass is 379 g/mol. The van der Waals surface area contributed by atoms with Gasteiger partial charge < -0.3 is 15.2 Å². The molecule has 29 heavy (non-hydrogen) atoms. The van der Waals surface area contributed by atoms with E-state index in [1.54, 1.807) is 0 Å². The summed E-state index contributed by atoms with van der Waals surface area (Å²) in [6.07, 6.45) is 3.78. The number of hydrogen-bond donors (Lipinski definition) is 1. The fourth-order valence-corrected chi connectivity index (χ4v) is 4.32. The molecule has 0 unspecified atom stereocenters.